The first-order valence-corrected chi connectivity index (χ1v) is 11.4. The van der Waals surface area contributed by atoms with Gasteiger partial charge in [0.1, 0.15) is 0 Å². The predicted molar refractivity (Wildman–Crippen MR) is 114 cm³/mol. The average Bonchev–Trinajstić information content (AvgIpc) is 3.38. The average molecular weight is 394 g/mol. The topological polar surface area (TPSA) is 53.0 Å². The Morgan fingerprint density at radius 1 is 1.37 bits per heavy atom. The van der Waals surface area contributed by atoms with Crippen molar-refractivity contribution in [3.05, 3.63) is 11.1 Å². The van der Waals surface area contributed by atoms with Crippen LogP contribution in [0.3, 0.4) is 0 Å². The van der Waals surface area contributed by atoms with Crippen LogP contribution in [0.2, 0.25) is 0 Å². The normalized spacial score (nSPS) is 18.9. The number of hydrogen-bond donors (Lipinski definition) is 1. The predicted octanol–water partition coefficient (Wildman–Crippen LogP) is 3.00. The second-order valence-corrected chi connectivity index (χ2v) is 8.40. The summed E-state index contributed by atoms with van der Waals surface area (Å²) in [6.45, 7) is 9.03. The van der Waals surface area contributed by atoms with Crippen molar-refractivity contribution in [2.24, 2.45) is 10.9 Å². The molecule has 0 bridgehead atoms. The number of aromatic nitrogens is 1. The molecule has 3 rings (SSSR count). The lowest BCUT2D eigenvalue weighted by atomic mass is 9.96. The van der Waals surface area contributed by atoms with E-state index in [4.69, 9.17) is 14.7 Å². The molecule has 1 aromatic heterocycles. The van der Waals surface area contributed by atoms with Crippen molar-refractivity contribution in [3.63, 3.8) is 0 Å². The third-order valence-electron chi connectivity index (χ3n) is 5.46. The molecule has 0 aromatic carbocycles. The van der Waals surface area contributed by atoms with Crippen molar-refractivity contribution in [1.29, 1.82) is 0 Å². The second kappa shape index (κ2) is 10.9. The molecular weight excluding hydrogens is 358 g/mol. The number of rotatable bonds is 8. The number of aliphatic imine (C=N–C) groups is 1. The number of guanidine groups is 1. The van der Waals surface area contributed by atoms with E-state index in [1.54, 1.807) is 11.3 Å². The van der Waals surface area contributed by atoms with Crippen molar-refractivity contribution < 1.29 is 4.74 Å². The monoisotopic (exact) mass is 393 g/mol. The van der Waals surface area contributed by atoms with E-state index < -0.39 is 0 Å². The number of ether oxygens (including phenoxy) is 1. The van der Waals surface area contributed by atoms with Crippen molar-refractivity contribution >= 4 is 22.4 Å². The summed E-state index contributed by atoms with van der Waals surface area (Å²) in [7, 11) is 2.15. The Kier molecular flexibility index (Phi) is 8.20. The van der Waals surface area contributed by atoms with Gasteiger partial charge in [0.05, 0.1) is 5.69 Å². The summed E-state index contributed by atoms with van der Waals surface area (Å²) >= 11 is 1.78. The van der Waals surface area contributed by atoms with Gasteiger partial charge >= 0.3 is 0 Å². The van der Waals surface area contributed by atoms with Crippen LogP contribution in [0.25, 0.3) is 0 Å². The fraction of sp³-hybridized carbons (Fsp3) is 0.800. The molecule has 27 heavy (non-hydrogen) atoms. The lowest BCUT2D eigenvalue weighted by molar-refractivity contribution is 0.0625. The zero-order valence-electron chi connectivity index (χ0n) is 17.0. The molecule has 2 aliphatic rings. The first-order chi connectivity index (χ1) is 13.3. The van der Waals surface area contributed by atoms with Gasteiger partial charge in [0, 0.05) is 64.8 Å². The molecule has 0 spiro atoms. The van der Waals surface area contributed by atoms with Crippen LogP contribution in [-0.4, -0.2) is 68.8 Å². The van der Waals surface area contributed by atoms with Gasteiger partial charge in [-0.05, 0) is 44.9 Å². The summed E-state index contributed by atoms with van der Waals surface area (Å²) in [6, 6.07) is 0. The Hall–Kier alpha value is -1.34. The second-order valence-electron chi connectivity index (χ2n) is 7.57. The van der Waals surface area contributed by atoms with Gasteiger partial charge in [-0.15, -0.1) is 11.3 Å². The van der Waals surface area contributed by atoms with E-state index in [1.165, 1.54) is 42.9 Å². The Morgan fingerprint density at radius 2 is 2.15 bits per heavy atom. The molecule has 2 saturated heterocycles. The molecule has 0 saturated carbocycles. The van der Waals surface area contributed by atoms with Crippen LogP contribution < -0.4 is 10.2 Å². The Morgan fingerprint density at radius 3 is 2.89 bits per heavy atom. The van der Waals surface area contributed by atoms with Crippen LogP contribution in [0.15, 0.2) is 10.4 Å². The fourth-order valence-electron chi connectivity index (χ4n) is 3.73. The summed E-state index contributed by atoms with van der Waals surface area (Å²) < 4.78 is 5.46. The maximum atomic E-state index is 5.46. The molecule has 0 amide bonds. The van der Waals surface area contributed by atoms with Crippen LogP contribution in [0.1, 0.15) is 44.7 Å². The number of anilines is 1. The lowest BCUT2D eigenvalue weighted by Crippen LogP contribution is -2.40. The maximum Gasteiger partial charge on any atom is 0.193 e. The highest BCUT2D eigenvalue weighted by Crippen LogP contribution is 2.24. The first kappa shape index (κ1) is 20.4. The van der Waals surface area contributed by atoms with E-state index in [0.717, 1.165) is 64.2 Å². The van der Waals surface area contributed by atoms with Crippen molar-refractivity contribution in [2.45, 2.75) is 45.4 Å². The molecule has 0 radical (unpaired) electrons. The van der Waals surface area contributed by atoms with E-state index in [9.17, 15) is 0 Å². The number of thiazole rings is 1. The third-order valence-corrected chi connectivity index (χ3v) is 6.41. The van der Waals surface area contributed by atoms with Gasteiger partial charge in [-0.1, -0.05) is 0 Å². The van der Waals surface area contributed by atoms with Gasteiger partial charge in [0.25, 0.3) is 0 Å². The lowest BCUT2D eigenvalue weighted by Gasteiger charge is -2.26. The van der Waals surface area contributed by atoms with Crippen molar-refractivity contribution in [3.8, 4) is 0 Å². The Balaban J connectivity index is 1.46. The summed E-state index contributed by atoms with van der Waals surface area (Å²) in [4.78, 5) is 14.3. The van der Waals surface area contributed by atoms with E-state index in [1.807, 2.05) is 0 Å². The summed E-state index contributed by atoms with van der Waals surface area (Å²) in [5.41, 5.74) is 1.17. The van der Waals surface area contributed by atoms with E-state index >= 15 is 0 Å². The van der Waals surface area contributed by atoms with Crippen LogP contribution >= 0.6 is 11.3 Å². The molecule has 152 valence electrons. The third kappa shape index (κ3) is 6.35. The van der Waals surface area contributed by atoms with E-state index in [2.05, 4.69) is 34.5 Å². The largest absolute Gasteiger partial charge is 0.381 e. The zero-order chi connectivity index (χ0) is 18.9. The van der Waals surface area contributed by atoms with Gasteiger partial charge in [-0.2, -0.15) is 0 Å². The standard InChI is InChI=1S/C20H35N5OS/c1-3-21-19(24(2)13-7-17-8-14-26-15-9-17)22-10-6-18-16-27-20(23-18)25-11-4-5-12-25/h16-17H,3-15H2,1-2H3,(H,21,22). The Labute approximate surface area is 168 Å². The SMILES string of the molecule is CCNC(=NCCc1csc(N2CCCC2)n1)N(C)CCC1CCOCC1. The fourth-order valence-corrected chi connectivity index (χ4v) is 4.64. The van der Waals surface area contributed by atoms with E-state index in [0.29, 0.717) is 0 Å². The van der Waals surface area contributed by atoms with Gasteiger partial charge in [-0.25, -0.2) is 4.98 Å². The van der Waals surface area contributed by atoms with Gasteiger partial charge < -0.3 is 19.9 Å². The van der Waals surface area contributed by atoms with Crippen LogP contribution in [0, 0.1) is 5.92 Å². The molecule has 2 fully saturated rings. The smallest absolute Gasteiger partial charge is 0.193 e. The van der Waals surface area contributed by atoms with Crippen molar-refractivity contribution in [1.82, 2.24) is 15.2 Å². The highest BCUT2D eigenvalue weighted by molar-refractivity contribution is 7.13. The minimum Gasteiger partial charge on any atom is -0.381 e. The van der Waals surface area contributed by atoms with Crippen molar-refractivity contribution in [2.75, 3.05) is 57.9 Å². The summed E-state index contributed by atoms with van der Waals surface area (Å²) in [5.74, 6) is 1.81. The molecule has 3 heterocycles. The molecule has 7 heteroatoms. The summed E-state index contributed by atoms with van der Waals surface area (Å²) in [6.07, 6.45) is 7.12. The van der Waals surface area contributed by atoms with Crippen LogP contribution in [0.5, 0.6) is 0 Å². The van der Waals surface area contributed by atoms with E-state index in [-0.39, 0.29) is 0 Å². The number of nitrogens with zero attached hydrogens (tertiary/aromatic N) is 4. The molecule has 0 aliphatic carbocycles. The Bertz CT molecular complexity index is 579. The highest BCUT2D eigenvalue weighted by atomic mass is 32.1. The number of hydrogen-bond acceptors (Lipinski definition) is 5. The molecular formula is C20H35N5OS. The van der Waals surface area contributed by atoms with Gasteiger partial charge in [-0.3, -0.25) is 4.99 Å². The highest BCUT2D eigenvalue weighted by Gasteiger charge is 2.16. The minimum atomic E-state index is 0.785. The van der Waals surface area contributed by atoms with Gasteiger partial charge in [0.15, 0.2) is 11.1 Å². The van der Waals surface area contributed by atoms with Gasteiger partial charge in [0.2, 0.25) is 0 Å². The van der Waals surface area contributed by atoms with Crippen LogP contribution in [-0.2, 0) is 11.2 Å². The minimum absolute atomic E-state index is 0.785. The first-order valence-electron chi connectivity index (χ1n) is 10.5. The number of nitrogens with one attached hydrogen (secondary N) is 1. The summed E-state index contributed by atoms with van der Waals surface area (Å²) in [5, 5.41) is 6.82. The molecule has 0 atom stereocenters. The molecule has 1 N–H and O–H groups in total. The molecule has 1 aromatic rings. The zero-order valence-corrected chi connectivity index (χ0v) is 17.8. The molecule has 2 aliphatic heterocycles. The quantitative estimate of drug-likeness (QED) is 0.543. The van der Waals surface area contributed by atoms with Crippen LogP contribution in [0.4, 0.5) is 5.13 Å². The maximum absolute atomic E-state index is 5.46. The molecule has 6 nitrogen and oxygen atoms in total. The molecule has 0 unspecified atom stereocenters.